The van der Waals surface area contributed by atoms with E-state index in [4.69, 9.17) is 18.9 Å². The lowest BCUT2D eigenvalue weighted by Crippen LogP contribution is -2.44. The highest BCUT2D eigenvalue weighted by Gasteiger charge is 2.47. The van der Waals surface area contributed by atoms with Gasteiger partial charge in [0.25, 0.3) is 5.91 Å². The van der Waals surface area contributed by atoms with Gasteiger partial charge in [-0.05, 0) is 18.2 Å². The molecule has 2 aliphatic heterocycles. The molecule has 0 aliphatic carbocycles. The zero-order valence-electron chi connectivity index (χ0n) is 12.4. The topological polar surface area (TPSA) is 86.3 Å². The molecule has 1 aromatic carbocycles. The van der Waals surface area contributed by atoms with Gasteiger partial charge in [-0.15, -0.1) is 0 Å². The summed E-state index contributed by atoms with van der Waals surface area (Å²) in [6.45, 7) is 0.536. The highest BCUT2D eigenvalue weighted by Crippen LogP contribution is 2.28. The highest BCUT2D eigenvalue weighted by molar-refractivity contribution is 5.97. The molecule has 0 radical (unpaired) electrons. The molecule has 0 bridgehead atoms. The number of aliphatic hydroxyl groups is 1. The molecule has 0 spiro atoms. The lowest BCUT2D eigenvalue weighted by Gasteiger charge is -2.18. The third-order valence-corrected chi connectivity index (χ3v) is 4.00. The number of rotatable bonds is 4. The molecule has 2 fully saturated rings. The van der Waals surface area contributed by atoms with Crippen molar-refractivity contribution >= 4 is 5.91 Å². The average molecular weight is 309 g/mol. The minimum absolute atomic E-state index is 0.226. The maximum Gasteiger partial charge on any atom is 0.255 e. The Morgan fingerprint density at radius 2 is 2.00 bits per heavy atom. The van der Waals surface area contributed by atoms with E-state index >= 15 is 0 Å². The minimum atomic E-state index is -0.641. The molecule has 3 rings (SSSR count). The number of ether oxygens (including phenoxy) is 4. The quantitative estimate of drug-likeness (QED) is 0.812. The van der Waals surface area contributed by atoms with Crippen LogP contribution in [0, 0.1) is 0 Å². The van der Waals surface area contributed by atoms with Gasteiger partial charge >= 0.3 is 0 Å². The molecule has 7 nitrogen and oxygen atoms in total. The second-order valence-corrected chi connectivity index (χ2v) is 5.31. The van der Waals surface area contributed by atoms with Gasteiger partial charge in [-0.25, -0.2) is 0 Å². The van der Waals surface area contributed by atoms with E-state index in [1.54, 1.807) is 18.2 Å². The first-order valence-electron chi connectivity index (χ1n) is 7.08. The Balaban J connectivity index is 1.75. The van der Waals surface area contributed by atoms with Gasteiger partial charge in [0.05, 0.1) is 39.0 Å². The normalized spacial score (nSPS) is 30.0. The summed E-state index contributed by atoms with van der Waals surface area (Å²) in [5, 5.41) is 12.6. The van der Waals surface area contributed by atoms with Crippen molar-refractivity contribution in [2.45, 2.75) is 24.4 Å². The van der Waals surface area contributed by atoms with Gasteiger partial charge in [-0.3, -0.25) is 4.79 Å². The van der Waals surface area contributed by atoms with Crippen molar-refractivity contribution in [3.05, 3.63) is 23.8 Å². The van der Waals surface area contributed by atoms with Crippen molar-refractivity contribution < 1.29 is 28.8 Å². The maximum absolute atomic E-state index is 12.5. The predicted molar refractivity (Wildman–Crippen MR) is 76.3 cm³/mol. The standard InChI is InChI=1S/C15H19NO6/c1-19-8-3-4-12(20-2)9(5-8)15(18)16-10-6-21-14-11(17)7-22-13(10)14/h3-5,10-11,13-14,17H,6-7H2,1-2H3,(H,16,18)/t10-,11-,13-,14-/m1/s1. The molecule has 0 saturated carbocycles. The van der Waals surface area contributed by atoms with Crippen molar-refractivity contribution in [1.29, 1.82) is 0 Å². The van der Waals surface area contributed by atoms with E-state index in [1.165, 1.54) is 14.2 Å². The van der Waals surface area contributed by atoms with Crippen LogP contribution in [0.15, 0.2) is 18.2 Å². The first-order valence-corrected chi connectivity index (χ1v) is 7.08. The number of methoxy groups -OCH3 is 2. The summed E-state index contributed by atoms with van der Waals surface area (Å²) in [6, 6.07) is 4.72. The molecular formula is C15H19NO6. The van der Waals surface area contributed by atoms with E-state index in [-0.39, 0.29) is 30.8 Å². The van der Waals surface area contributed by atoms with E-state index in [1.807, 2.05) is 0 Å². The molecular weight excluding hydrogens is 290 g/mol. The van der Waals surface area contributed by atoms with Gasteiger partial charge in [0.15, 0.2) is 0 Å². The van der Waals surface area contributed by atoms with Crippen LogP contribution in [-0.4, -0.2) is 62.8 Å². The molecule has 2 heterocycles. The Kier molecular flexibility index (Phi) is 4.19. The first-order chi connectivity index (χ1) is 10.6. The largest absolute Gasteiger partial charge is 0.497 e. The van der Waals surface area contributed by atoms with Gasteiger partial charge in [0.1, 0.15) is 29.8 Å². The van der Waals surface area contributed by atoms with E-state index < -0.39 is 6.10 Å². The Morgan fingerprint density at radius 3 is 2.73 bits per heavy atom. The summed E-state index contributed by atoms with van der Waals surface area (Å²) < 4.78 is 21.3. The van der Waals surface area contributed by atoms with Crippen LogP contribution in [0.1, 0.15) is 10.4 Å². The smallest absolute Gasteiger partial charge is 0.255 e. The van der Waals surface area contributed by atoms with Crippen LogP contribution in [0.3, 0.4) is 0 Å². The van der Waals surface area contributed by atoms with Crippen LogP contribution < -0.4 is 14.8 Å². The second kappa shape index (κ2) is 6.12. The van der Waals surface area contributed by atoms with Gasteiger partial charge in [-0.1, -0.05) is 0 Å². The van der Waals surface area contributed by atoms with Crippen molar-refractivity contribution in [2.75, 3.05) is 27.4 Å². The molecule has 2 N–H and O–H groups in total. The summed E-state index contributed by atoms with van der Waals surface area (Å²) in [4.78, 5) is 12.5. The summed E-state index contributed by atoms with van der Waals surface area (Å²) in [7, 11) is 3.04. The number of aliphatic hydroxyl groups excluding tert-OH is 1. The van der Waals surface area contributed by atoms with Crippen LogP contribution >= 0.6 is 0 Å². The molecule has 1 amide bonds. The fourth-order valence-electron chi connectivity index (χ4n) is 2.84. The first kappa shape index (κ1) is 15.1. The monoisotopic (exact) mass is 309 g/mol. The Morgan fingerprint density at radius 1 is 1.23 bits per heavy atom. The van der Waals surface area contributed by atoms with E-state index in [9.17, 15) is 9.90 Å². The average Bonchev–Trinajstić information content (AvgIpc) is 3.10. The molecule has 2 aliphatic rings. The lowest BCUT2D eigenvalue weighted by atomic mass is 10.1. The Hall–Kier alpha value is -1.83. The van der Waals surface area contributed by atoms with E-state index in [2.05, 4.69) is 5.32 Å². The molecule has 1 aromatic rings. The lowest BCUT2D eigenvalue weighted by molar-refractivity contribution is 0.0178. The highest BCUT2D eigenvalue weighted by atomic mass is 16.6. The molecule has 2 saturated heterocycles. The predicted octanol–water partition coefficient (Wildman–Crippen LogP) is -0.0393. The van der Waals surface area contributed by atoms with Crippen LogP contribution in [0.4, 0.5) is 0 Å². The van der Waals surface area contributed by atoms with Crippen molar-refractivity contribution in [1.82, 2.24) is 5.32 Å². The molecule has 4 atom stereocenters. The molecule has 0 aromatic heterocycles. The van der Waals surface area contributed by atoms with Crippen LogP contribution in [0.2, 0.25) is 0 Å². The number of hydrogen-bond acceptors (Lipinski definition) is 6. The molecule has 0 unspecified atom stereocenters. The number of carbonyl (C=O) groups is 1. The van der Waals surface area contributed by atoms with Crippen LogP contribution in [-0.2, 0) is 9.47 Å². The van der Waals surface area contributed by atoms with Gasteiger partial charge < -0.3 is 29.4 Å². The van der Waals surface area contributed by atoms with Crippen molar-refractivity contribution in [2.24, 2.45) is 0 Å². The summed E-state index contributed by atoms with van der Waals surface area (Å²) in [5.74, 6) is 0.732. The number of benzene rings is 1. The fourth-order valence-corrected chi connectivity index (χ4v) is 2.84. The van der Waals surface area contributed by atoms with Crippen molar-refractivity contribution in [3.8, 4) is 11.5 Å². The number of hydrogen-bond donors (Lipinski definition) is 2. The summed E-state index contributed by atoms with van der Waals surface area (Å²) >= 11 is 0. The number of carbonyl (C=O) groups excluding carboxylic acids is 1. The van der Waals surface area contributed by atoms with Gasteiger partial charge in [0.2, 0.25) is 0 Å². The number of amides is 1. The van der Waals surface area contributed by atoms with Crippen LogP contribution in [0.25, 0.3) is 0 Å². The zero-order valence-corrected chi connectivity index (χ0v) is 12.4. The third-order valence-electron chi connectivity index (χ3n) is 4.00. The van der Waals surface area contributed by atoms with Crippen LogP contribution in [0.5, 0.6) is 11.5 Å². The second-order valence-electron chi connectivity index (χ2n) is 5.31. The van der Waals surface area contributed by atoms with E-state index in [0.717, 1.165) is 0 Å². The van der Waals surface area contributed by atoms with Gasteiger partial charge in [-0.2, -0.15) is 0 Å². The minimum Gasteiger partial charge on any atom is -0.497 e. The number of nitrogens with one attached hydrogen (secondary N) is 1. The summed E-state index contributed by atoms with van der Waals surface area (Å²) in [6.07, 6.45) is -1.34. The van der Waals surface area contributed by atoms with Gasteiger partial charge in [0, 0.05) is 0 Å². The van der Waals surface area contributed by atoms with Crippen molar-refractivity contribution in [3.63, 3.8) is 0 Å². The SMILES string of the molecule is COc1ccc(OC)c(C(=O)N[C@@H]2CO[C@H]3[C@@H]2OC[C@H]3O)c1. The molecule has 120 valence electrons. The Bertz CT molecular complexity index is 563. The number of fused-ring (bicyclic) bond motifs is 1. The summed E-state index contributed by atoms with van der Waals surface area (Å²) in [5.41, 5.74) is 0.379. The third kappa shape index (κ3) is 2.63. The van der Waals surface area contributed by atoms with E-state index in [0.29, 0.717) is 23.7 Å². The zero-order chi connectivity index (χ0) is 15.7. The molecule has 7 heteroatoms. The molecule has 22 heavy (non-hydrogen) atoms. The maximum atomic E-state index is 12.5. The Labute approximate surface area is 128 Å². The fraction of sp³-hybridized carbons (Fsp3) is 0.533.